The van der Waals surface area contributed by atoms with Crippen LogP contribution in [-0.4, -0.2) is 26.4 Å². The molecule has 0 unspecified atom stereocenters. The molecule has 0 amide bonds. The highest BCUT2D eigenvalue weighted by atomic mass is 16.5. The second kappa shape index (κ2) is 10.2. The van der Waals surface area contributed by atoms with E-state index in [0.29, 0.717) is 12.5 Å². The van der Waals surface area contributed by atoms with Crippen molar-refractivity contribution in [1.29, 1.82) is 5.26 Å². The van der Waals surface area contributed by atoms with Crippen LogP contribution in [0.1, 0.15) is 25.8 Å². The Balaban J connectivity index is 2.20. The highest BCUT2D eigenvalue weighted by Gasteiger charge is 2.02. The van der Waals surface area contributed by atoms with Gasteiger partial charge >= 0.3 is 0 Å². The van der Waals surface area contributed by atoms with Gasteiger partial charge in [0.25, 0.3) is 0 Å². The van der Waals surface area contributed by atoms with Gasteiger partial charge in [0, 0.05) is 25.3 Å². The van der Waals surface area contributed by atoms with Crippen molar-refractivity contribution in [3.8, 4) is 11.8 Å². The molecule has 0 spiro atoms. The number of nitriles is 1. The summed E-state index contributed by atoms with van der Waals surface area (Å²) >= 11 is 0. The van der Waals surface area contributed by atoms with Crippen molar-refractivity contribution in [2.45, 2.75) is 26.8 Å². The first-order valence-corrected chi connectivity index (χ1v) is 7.10. The molecule has 0 aliphatic carbocycles. The van der Waals surface area contributed by atoms with Crippen LogP contribution in [0.2, 0.25) is 0 Å². The Morgan fingerprint density at radius 2 is 2.05 bits per heavy atom. The zero-order chi connectivity index (χ0) is 14.6. The maximum Gasteiger partial charge on any atom is 0.174 e. The SMILES string of the molecule is CC(C)CCOCCNCc1ccccc1OCC#N. The first-order valence-electron chi connectivity index (χ1n) is 7.10. The van der Waals surface area contributed by atoms with E-state index >= 15 is 0 Å². The summed E-state index contributed by atoms with van der Waals surface area (Å²) in [5.41, 5.74) is 1.06. The van der Waals surface area contributed by atoms with E-state index in [1.54, 1.807) is 0 Å². The summed E-state index contributed by atoms with van der Waals surface area (Å²) in [7, 11) is 0. The summed E-state index contributed by atoms with van der Waals surface area (Å²) in [6.07, 6.45) is 1.10. The number of hydrogen-bond acceptors (Lipinski definition) is 4. The Morgan fingerprint density at radius 1 is 1.25 bits per heavy atom. The van der Waals surface area contributed by atoms with Gasteiger partial charge in [-0.1, -0.05) is 32.0 Å². The predicted molar refractivity (Wildman–Crippen MR) is 79.5 cm³/mol. The Hall–Kier alpha value is -1.57. The van der Waals surface area contributed by atoms with Gasteiger partial charge in [-0.25, -0.2) is 0 Å². The van der Waals surface area contributed by atoms with Crippen LogP contribution in [0.4, 0.5) is 0 Å². The van der Waals surface area contributed by atoms with Crippen LogP contribution in [0.3, 0.4) is 0 Å². The van der Waals surface area contributed by atoms with Gasteiger partial charge in [0.2, 0.25) is 0 Å². The molecule has 4 nitrogen and oxygen atoms in total. The third kappa shape index (κ3) is 7.13. The Morgan fingerprint density at radius 3 is 2.80 bits per heavy atom. The van der Waals surface area contributed by atoms with Crippen LogP contribution in [0.15, 0.2) is 24.3 Å². The molecule has 0 atom stereocenters. The van der Waals surface area contributed by atoms with Crippen LogP contribution in [0.25, 0.3) is 0 Å². The molecule has 1 aromatic carbocycles. The van der Waals surface area contributed by atoms with Gasteiger partial charge in [0.1, 0.15) is 11.8 Å². The number of rotatable bonds is 10. The number of para-hydroxylation sites is 1. The van der Waals surface area contributed by atoms with Gasteiger partial charge in [0.05, 0.1) is 6.61 Å². The minimum atomic E-state index is 0.0787. The lowest BCUT2D eigenvalue weighted by Crippen LogP contribution is -2.20. The molecule has 0 fully saturated rings. The predicted octanol–water partition coefficient (Wildman–Crippen LogP) is 2.74. The molecule has 0 saturated carbocycles. The smallest absolute Gasteiger partial charge is 0.174 e. The lowest BCUT2D eigenvalue weighted by atomic mass is 10.1. The Labute approximate surface area is 121 Å². The summed E-state index contributed by atoms with van der Waals surface area (Å²) in [4.78, 5) is 0. The summed E-state index contributed by atoms with van der Waals surface area (Å²) in [6.45, 7) is 7.53. The molecule has 1 rings (SSSR count). The van der Waals surface area contributed by atoms with E-state index in [1.165, 1.54) is 0 Å². The Bertz CT molecular complexity index is 413. The fourth-order valence-corrected chi connectivity index (χ4v) is 1.69. The first-order chi connectivity index (χ1) is 9.74. The van der Waals surface area contributed by atoms with Crippen molar-refractivity contribution < 1.29 is 9.47 Å². The van der Waals surface area contributed by atoms with Crippen LogP contribution in [-0.2, 0) is 11.3 Å². The average Bonchev–Trinajstić information content (AvgIpc) is 2.44. The van der Waals surface area contributed by atoms with Gasteiger partial charge in [-0.2, -0.15) is 5.26 Å². The van der Waals surface area contributed by atoms with Crippen molar-refractivity contribution in [2.75, 3.05) is 26.4 Å². The number of nitrogens with zero attached hydrogens (tertiary/aromatic N) is 1. The maximum atomic E-state index is 8.55. The van der Waals surface area contributed by atoms with Gasteiger partial charge in [-0.3, -0.25) is 0 Å². The van der Waals surface area contributed by atoms with Crippen molar-refractivity contribution in [3.05, 3.63) is 29.8 Å². The number of hydrogen-bond donors (Lipinski definition) is 1. The molecule has 110 valence electrons. The molecule has 1 aromatic rings. The minimum Gasteiger partial charge on any atom is -0.478 e. The molecule has 0 aromatic heterocycles. The van der Waals surface area contributed by atoms with E-state index in [2.05, 4.69) is 19.2 Å². The summed E-state index contributed by atoms with van der Waals surface area (Å²) in [5.74, 6) is 1.45. The van der Waals surface area contributed by atoms with Gasteiger partial charge in [0.15, 0.2) is 6.61 Å². The van der Waals surface area contributed by atoms with E-state index in [9.17, 15) is 0 Å². The third-order valence-corrected chi connectivity index (χ3v) is 2.84. The van der Waals surface area contributed by atoms with Crippen LogP contribution < -0.4 is 10.1 Å². The van der Waals surface area contributed by atoms with Gasteiger partial charge in [-0.05, 0) is 18.4 Å². The molecule has 0 aliphatic heterocycles. The summed E-state index contributed by atoms with van der Waals surface area (Å²) < 4.78 is 10.9. The highest BCUT2D eigenvalue weighted by Crippen LogP contribution is 2.17. The largest absolute Gasteiger partial charge is 0.478 e. The molecule has 4 heteroatoms. The zero-order valence-electron chi connectivity index (χ0n) is 12.4. The van der Waals surface area contributed by atoms with E-state index in [-0.39, 0.29) is 6.61 Å². The van der Waals surface area contributed by atoms with Crippen molar-refractivity contribution in [1.82, 2.24) is 5.32 Å². The summed E-state index contributed by atoms with van der Waals surface area (Å²) in [5, 5.41) is 11.9. The molecular formula is C16H24N2O2. The molecule has 1 N–H and O–H groups in total. The van der Waals surface area contributed by atoms with Crippen LogP contribution in [0, 0.1) is 17.2 Å². The first kappa shape index (κ1) is 16.5. The molecule has 0 bridgehead atoms. The van der Waals surface area contributed by atoms with Crippen LogP contribution >= 0.6 is 0 Å². The minimum absolute atomic E-state index is 0.0787. The molecule has 0 saturated heterocycles. The van der Waals surface area contributed by atoms with Crippen molar-refractivity contribution in [3.63, 3.8) is 0 Å². The Kier molecular flexibility index (Phi) is 8.44. The second-order valence-corrected chi connectivity index (χ2v) is 5.03. The second-order valence-electron chi connectivity index (χ2n) is 5.03. The molecule has 20 heavy (non-hydrogen) atoms. The van der Waals surface area contributed by atoms with Gasteiger partial charge in [-0.15, -0.1) is 0 Å². The van der Waals surface area contributed by atoms with E-state index in [1.807, 2.05) is 30.3 Å². The zero-order valence-corrected chi connectivity index (χ0v) is 12.4. The number of nitrogens with one attached hydrogen (secondary N) is 1. The lowest BCUT2D eigenvalue weighted by Gasteiger charge is -2.11. The van der Waals surface area contributed by atoms with E-state index in [4.69, 9.17) is 14.7 Å². The normalized spacial score (nSPS) is 10.5. The fraction of sp³-hybridized carbons (Fsp3) is 0.562. The highest BCUT2D eigenvalue weighted by molar-refractivity contribution is 5.33. The molecule has 0 aliphatic rings. The monoisotopic (exact) mass is 276 g/mol. The van der Waals surface area contributed by atoms with E-state index < -0.39 is 0 Å². The van der Waals surface area contributed by atoms with Crippen molar-refractivity contribution in [2.24, 2.45) is 5.92 Å². The molecule has 0 radical (unpaired) electrons. The number of ether oxygens (including phenoxy) is 2. The number of benzene rings is 1. The van der Waals surface area contributed by atoms with E-state index in [0.717, 1.165) is 37.4 Å². The average molecular weight is 276 g/mol. The quantitative estimate of drug-likeness (QED) is 0.668. The fourth-order valence-electron chi connectivity index (χ4n) is 1.69. The third-order valence-electron chi connectivity index (χ3n) is 2.84. The molecular weight excluding hydrogens is 252 g/mol. The van der Waals surface area contributed by atoms with Crippen molar-refractivity contribution >= 4 is 0 Å². The molecule has 0 heterocycles. The van der Waals surface area contributed by atoms with Gasteiger partial charge < -0.3 is 14.8 Å². The lowest BCUT2D eigenvalue weighted by molar-refractivity contribution is 0.125. The summed E-state index contributed by atoms with van der Waals surface area (Å²) in [6, 6.07) is 9.74. The standard InChI is InChI=1S/C16H24N2O2/c1-14(2)7-10-19-12-9-18-13-15-5-3-4-6-16(15)20-11-8-17/h3-6,14,18H,7,9-13H2,1-2H3. The maximum absolute atomic E-state index is 8.55. The van der Waals surface area contributed by atoms with Crippen LogP contribution in [0.5, 0.6) is 5.75 Å². The topological polar surface area (TPSA) is 54.3 Å².